The molecule has 0 amide bonds. The molecule has 1 rings (SSSR count). The summed E-state index contributed by atoms with van der Waals surface area (Å²) in [6, 6.07) is 3.98. The lowest BCUT2D eigenvalue weighted by molar-refractivity contribution is 1.64. The monoisotopic (exact) mass is 279 g/mol. The number of hydrogen-bond acceptors (Lipinski definition) is 1. The molecule has 0 fully saturated rings. The molecule has 0 nitrogen and oxygen atoms in total. The van der Waals surface area contributed by atoms with Crippen molar-refractivity contribution in [3.05, 3.63) is 22.4 Å². The molecule has 0 aliphatic rings. The van der Waals surface area contributed by atoms with E-state index < -0.39 is 0 Å². The van der Waals surface area contributed by atoms with Gasteiger partial charge in [0.05, 0.1) is 0 Å². The van der Waals surface area contributed by atoms with Crippen LogP contribution >= 0.6 is 37.1 Å². The summed E-state index contributed by atoms with van der Waals surface area (Å²) in [6.07, 6.45) is 0. The van der Waals surface area contributed by atoms with Crippen LogP contribution in [-0.2, 0) is 0 Å². The molecule has 1 aromatic rings. The van der Waals surface area contributed by atoms with Crippen molar-refractivity contribution in [2.45, 2.75) is 6.92 Å². The minimum absolute atomic E-state index is 0.0417. The van der Waals surface area contributed by atoms with Crippen molar-refractivity contribution in [3.63, 3.8) is 0 Å². The van der Waals surface area contributed by atoms with Crippen LogP contribution in [-0.4, -0.2) is 16.0 Å². The molecule has 0 unspecified atom stereocenters. The van der Waals surface area contributed by atoms with Crippen LogP contribution in [0.5, 0.6) is 0 Å². The average Bonchev–Trinajstić information content (AvgIpc) is 2.20. The second kappa shape index (κ2) is 7.53. The van der Waals surface area contributed by atoms with Gasteiger partial charge in [-0.25, -0.2) is 0 Å². The Balaban J connectivity index is 0.000000187. The summed E-state index contributed by atoms with van der Waals surface area (Å²) in [4.78, 5) is 1.33. The van der Waals surface area contributed by atoms with E-state index in [0.29, 0.717) is 0 Å². The third-order valence-corrected chi connectivity index (χ3v) is 1.32. The Morgan fingerprint density at radius 2 is 2.22 bits per heavy atom. The van der Waals surface area contributed by atoms with Crippen LogP contribution in [0.4, 0.5) is 0 Å². The molecule has 4 heteroatoms. The third-order valence-electron chi connectivity index (χ3n) is 0.606. The van der Waals surface area contributed by atoms with Crippen LogP contribution in [0.15, 0.2) is 12.1 Å². The maximum atomic E-state index is 3.20. The molecule has 1 aromatic heterocycles. The highest BCUT2D eigenvalue weighted by Crippen LogP contribution is 2.02. The van der Waals surface area contributed by atoms with Gasteiger partial charge >= 0.3 is 16.0 Å². The van der Waals surface area contributed by atoms with Gasteiger partial charge in [0.15, 0.2) is 0 Å². The van der Waals surface area contributed by atoms with E-state index in [9.17, 15) is 0 Å². The van der Waals surface area contributed by atoms with Gasteiger partial charge in [-0.05, 0) is 19.1 Å². The van der Waals surface area contributed by atoms with Gasteiger partial charge in [-0.2, -0.15) is 0 Å². The highest BCUT2D eigenvalue weighted by molar-refractivity contribution is 9.47. The van der Waals surface area contributed by atoms with Gasteiger partial charge < -0.3 is 0 Å². The molecule has 0 spiro atoms. The molecule has 0 bridgehead atoms. The first-order valence-electron chi connectivity index (χ1n) is 2.35. The first kappa shape index (κ1) is 10.4. The lowest BCUT2D eigenvalue weighted by atomic mass is 10.5. The number of hydrogen-bond donors (Lipinski definition) is 0. The van der Waals surface area contributed by atoms with Gasteiger partial charge in [0, 0.05) is 10.3 Å². The van der Waals surface area contributed by atoms with Crippen LogP contribution in [0.1, 0.15) is 4.88 Å². The number of thiophene rings is 1. The summed E-state index contributed by atoms with van der Waals surface area (Å²) < 4.78 is 0. The Morgan fingerprint density at radius 3 is 2.33 bits per heavy atom. The molecule has 1 radical (unpaired) electrons. The molecule has 0 aliphatic heterocycles. The average molecular weight is 281 g/mol. The van der Waals surface area contributed by atoms with Crippen LogP contribution in [0.3, 0.4) is 0 Å². The third kappa shape index (κ3) is 7.32. The first-order chi connectivity index (χ1) is 4.31. The first-order valence-corrected chi connectivity index (χ1v) is 11.0. The topological polar surface area (TPSA) is 0 Å². The van der Waals surface area contributed by atoms with Crippen molar-refractivity contribution >= 4 is 53.1 Å². The van der Waals surface area contributed by atoms with Crippen molar-refractivity contribution < 1.29 is 0 Å². The van der Waals surface area contributed by atoms with Gasteiger partial charge in [-0.15, -0.1) is 11.3 Å². The second-order valence-corrected chi connectivity index (χ2v) is 10.4. The Hall–Kier alpha value is 1.43. The van der Waals surface area contributed by atoms with Crippen molar-refractivity contribution in [1.82, 2.24) is 0 Å². The molecular weight excluding hydrogens is 276 g/mol. The predicted molar refractivity (Wildman–Crippen MR) is 51.5 cm³/mol. The summed E-state index contributed by atoms with van der Waals surface area (Å²) in [6.45, 7) is 2.07. The van der Waals surface area contributed by atoms with Gasteiger partial charge in [-0.3, -0.25) is 25.8 Å². The summed E-state index contributed by atoms with van der Waals surface area (Å²) in [7, 11) is 0. The summed E-state index contributed by atoms with van der Waals surface area (Å²) >= 11 is 8.10. The fourth-order valence-electron chi connectivity index (χ4n) is 0.312. The van der Waals surface area contributed by atoms with E-state index in [1.54, 1.807) is 11.3 Å². The van der Waals surface area contributed by atoms with Gasteiger partial charge in [-0.1, -0.05) is 0 Å². The predicted octanol–water partition coefficient (Wildman–Crippen LogP) is 3.17. The minimum Gasteiger partial charge on any atom is -0.280 e. The highest BCUT2D eigenvalue weighted by Gasteiger charge is 1.75. The molecule has 9 heavy (non-hydrogen) atoms. The lowest BCUT2D eigenvalue weighted by Gasteiger charge is -1.65. The standard InChI is InChI=1S/C5H5S.2BrH.Mg/c1-5-3-2-4-6-5;;;/h2-3H,1H3;2*1H;/q;;;+2/p-2. The van der Waals surface area contributed by atoms with Crippen molar-refractivity contribution in [3.8, 4) is 0 Å². The van der Waals surface area contributed by atoms with E-state index in [-0.39, 0.29) is 16.0 Å². The van der Waals surface area contributed by atoms with Crippen LogP contribution in [0, 0.1) is 12.3 Å². The molecule has 1 heterocycles. The van der Waals surface area contributed by atoms with E-state index in [4.69, 9.17) is 0 Å². The molecule has 0 aromatic carbocycles. The fraction of sp³-hybridized carbons (Fsp3) is 0.200. The van der Waals surface area contributed by atoms with Gasteiger partial charge in [0.25, 0.3) is 0 Å². The van der Waals surface area contributed by atoms with Crippen LogP contribution in [0.2, 0.25) is 0 Å². The SMILES string of the molecule is Cc1cc[c]s1.[Br][Mg][Br]. The molecule has 47 valence electrons. The maximum absolute atomic E-state index is 3.20. The van der Waals surface area contributed by atoms with Gasteiger partial charge in [0.2, 0.25) is 0 Å². The van der Waals surface area contributed by atoms with E-state index in [1.807, 2.05) is 12.1 Å². The molecule has 0 saturated heterocycles. The quantitative estimate of drug-likeness (QED) is 0.641. The van der Waals surface area contributed by atoms with E-state index in [1.165, 1.54) is 4.88 Å². The smallest absolute Gasteiger partial charge is 0.280 e. The molecule has 0 atom stereocenters. The largest absolute Gasteiger partial charge is 0.560 e. The minimum atomic E-state index is 0.0417. The molecule has 0 saturated carbocycles. The van der Waals surface area contributed by atoms with E-state index >= 15 is 0 Å². The van der Waals surface area contributed by atoms with Crippen molar-refractivity contribution in [1.29, 1.82) is 0 Å². The Labute approximate surface area is 81.5 Å². The zero-order chi connectivity index (χ0) is 7.11. The Bertz CT molecular complexity index is 130. The van der Waals surface area contributed by atoms with Crippen LogP contribution < -0.4 is 0 Å². The highest BCUT2D eigenvalue weighted by atomic mass is 79.9. The fourth-order valence-corrected chi connectivity index (χ4v) is 0.770. The molecular formula is C5H5Br2MgS. The summed E-state index contributed by atoms with van der Waals surface area (Å²) in [5.74, 6) is 0. The number of halogens is 2. The normalized spacial score (nSPS) is 7.00. The molecule has 0 aliphatic carbocycles. The maximum Gasteiger partial charge on any atom is 0.560 e. The van der Waals surface area contributed by atoms with E-state index in [2.05, 4.69) is 38.1 Å². The van der Waals surface area contributed by atoms with Crippen molar-refractivity contribution in [2.75, 3.05) is 0 Å². The summed E-state index contributed by atoms with van der Waals surface area (Å²) in [5, 5.41) is 2.97. The number of rotatable bonds is 0. The van der Waals surface area contributed by atoms with E-state index in [0.717, 1.165) is 0 Å². The zero-order valence-corrected chi connectivity index (χ0v) is 10.4. The summed E-state index contributed by atoms with van der Waals surface area (Å²) in [5.41, 5.74) is 0. The van der Waals surface area contributed by atoms with Gasteiger partial charge in [0.1, 0.15) is 0 Å². The number of aryl methyl sites for hydroxylation is 1. The second-order valence-electron chi connectivity index (χ2n) is 1.26. The van der Waals surface area contributed by atoms with Crippen molar-refractivity contribution in [2.24, 2.45) is 0 Å². The zero-order valence-electron chi connectivity index (χ0n) is 5.03. The Morgan fingerprint density at radius 1 is 1.67 bits per heavy atom. The Kier molecular flexibility index (Phi) is 8.73. The van der Waals surface area contributed by atoms with Crippen LogP contribution in [0.25, 0.3) is 0 Å². The lowest BCUT2D eigenvalue weighted by Crippen LogP contribution is -1.43. The molecule has 0 N–H and O–H groups in total.